The van der Waals surface area contributed by atoms with Crippen LogP contribution in [0.15, 0.2) is 34.2 Å². The first-order valence-corrected chi connectivity index (χ1v) is 11.1. The van der Waals surface area contributed by atoms with Gasteiger partial charge in [-0.15, -0.1) is 35.7 Å². The number of benzene rings is 1. The van der Waals surface area contributed by atoms with E-state index >= 15 is 0 Å². The second-order valence-electron chi connectivity index (χ2n) is 7.42. The van der Waals surface area contributed by atoms with Gasteiger partial charge in [-0.05, 0) is 37.8 Å². The fraction of sp³-hybridized carbons (Fsp3) is 0.667. The minimum atomic E-state index is -0.0254. The summed E-state index contributed by atoms with van der Waals surface area (Å²) in [5.74, 6) is 3.23. The average Bonchev–Trinajstić information content (AvgIpc) is 3.17. The van der Waals surface area contributed by atoms with Gasteiger partial charge in [-0.3, -0.25) is 4.99 Å². The van der Waals surface area contributed by atoms with Crippen molar-refractivity contribution < 1.29 is 14.6 Å². The number of aliphatic hydroxyl groups is 1. The molecule has 1 aromatic carbocycles. The Balaban J connectivity index is 0.00000420. The Morgan fingerprint density at radius 2 is 2.17 bits per heavy atom. The predicted octanol–water partition coefficient (Wildman–Crippen LogP) is 3.39. The molecule has 1 aliphatic heterocycles. The largest absolute Gasteiger partial charge is 0.496 e. The standard InChI is InChI=1S/C21H35N3O3S.HI/c1-4-22-20(24-15-21(9-11-25)10-12-27-16-21)23-13-17(2)14-28-19-8-6-5-7-18(19)26-3;/h5-8,17,25H,4,9-16H2,1-3H3,(H2,22,23,24);1H. The maximum atomic E-state index is 9.38. The van der Waals surface area contributed by atoms with E-state index in [-0.39, 0.29) is 36.0 Å². The normalized spacial score (nSPS) is 20.1. The van der Waals surface area contributed by atoms with Crippen molar-refractivity contribution in [3.8, 4) is 5.75 Å². The number of ether oxygens (including phenoxy) is 2. The van der Waals surface area contributed by atoms with Crippen molar-refractivity contribution in [2.75, 3.05) is 52.3 Å². The van der Waals surface area contributed by atoms with Crippen LogP contribution in [-0.4, -0.2) is 63.4 Å². The van der Waals surface area contributed by atoms with Gasteiger partial charge in [0.05, 0.1) is 20.3 Å². The number of nitrogens with zero attached hydrogens (tertiary/aromatic N) is 1. The lowest BCUT2D eigenvalue weighted by Gasteiger charge is -2.25. The number of thioether (sulfide) groups is 1. The lowest BCUT2D eigenvalue weighted by atomic mass is 9.84. The number of halogens is 1. The molecule has 0 aromatic heterocycles. The Bertz CT molecular complexity index is 613. The molecule has 0 radical (unpaired) electrons. The molecule has 166 valence electrons. The zero-order valence-electron chi connectivity index (χ0n) is 17.8. The van der Waals surface area contributed by atoms with E-state index in [0.29, 0.717) is 19.1 Å². The van der Waals surface area contributed by atoms with Gasteiger partial charge >= 0.3 is 0 Å². The van der Waals surface area contributed by atoms with Gasteiger partial charge in [0.2, 0.25) is 0 Å². The number of methoxy groups -OCH3 is 1. The maximum absolute atomic E-state index is 9.38. The summed E-state index contributed by atoms with van der Waals surface area (Å²) in [7, 11) is 1.71. The van der Waals surface area contributed by atoms with Crippen LogP contribution in [0.1, 0.15) is 26.7 Å². The highest BCUT2D eigenvalue weighted by Crippen LogP contribution is 2.32. The quantitative estimate of drug-likeness (QED) is 0.174. The molecular formula is C21H36IN3O3S. The van der Waals surface area contributed by atoms with Crippen LogP contribution in [0.5, 0.6) is 5.75 Å². The van der Waals surface area contributed by atoms with Crippen molar-refractivity contribution in [1.82, 2.24) is 10.6 Å². The monoisotopic (exact) mass is 537 g/mol. The van der Waals surface area contributed by atoms with Crippen molar-refractivity contribution in [3.63, 3.8) is 0 Å². The zero-order chi connectivity index (χ0) is 20.2. The summed E-state index contributed by atoms with van der Waals surface area (Å²) in [5.41, 5.74) is -0.0254. The predicted molar refractivity (Wildman–Crippen MR) is 132 cm³/mol. The highest BCUT2D eigenvalue weighted by Gasteiger charge is 2.34. The van der Waals surface area contributed by atoms with E-state index in [0.717, 1.165) is 50.0 Å². The van der Waals surface area contributed by atoms with Crippen molar-refractivity contribution in [3.05, 3.63) is 24.3 Å². The van der Waals surface area contributed by atoms with E-state index < -0.39 is 0 Å². The first-order chi connectivity index (χ1) is 13.6. The van der Waals surface area contributed by atoms with Crippen LogP contribution in [0, 0.1) is 11.3 Å². The number of aliphatic imine (C=N–C) groups is 1. The van der Waals surface area contributed by atoms with E-state index in [4.69, 9.17) is 14.5 Å². The van der Waals surface area contributed by atoms with Crippen LogP contribution >= 0.6 is 35.7 Å². The second kappa shape index (κ2) is 14.3. The van der Waals surface area contributed by atoms with Crippen LogP contribution in [0.25, 0.3) is 0 Å². The smallest absolute Gasteiger partial charge is 0.191 e. The molecule has 2 atom stereocenters. The number of nitrogens with one attached hydrogen (secondary N) is 2. The number of hydrogen-bond acceptors (Lipinski definition) is 5. The number of rotatable bonds is 11. The van der Waals surface area contributed by atoms with Gasteiger partial charge in [-0.1, -0.05) is 19.1 Å². The van der Waals surface area contributed by atoms with E-state index in [1.165, 1.54) is 4.90 Å². The molecule has 0 saturated carbocycles. The molecule has 3 N–H and O–H groups in total. The lowest BCUT2D eigenvalue weighted by molar-refractivity contribution is 0.131. The molecule has 1 saturated heterocycles. The minimum Gasteiger partial charge on any atom is -0.496 e. The first kappa shape index (κ1) is 26.3. The Morgan fingerprint density at radius 1 is 1.38 bits per heavy atom. The number of guanidine groups is 1. The van der Waals surface area contributed by atoms with Crippen LogP contribution < -0.4 is 15.4 Å². The summed E-state index contributed by atoms with van der Waals surface area (Å²) in [6.07, 6.45) is 1.70. The van der Waals surface area contributed by atoms with Gasteiger partial charge < -0.3 is 25.2 Å². The number of hydrogen-bond donors (Lipinski definition) is 3. The molecule has 0 amide bonds. The summed E-state index contributed by atoms with van der Waals surface area (Å²) in [6.45, 7) is 8.26. The van der Waals surface area contributed by atoms with Crippen molar-refractivity contribution in [2.24, 2.45) is 16.3 Å². The summed E-state index contributed by atoms with van der Waals surface area (Å²) < 4.78 is 11.0. The number of aliphatic hydroxyl groups excluding tert-OH is 1. The van der Waals surface area contributed by atoms with Gasteiger partial charge in [0.25, 0.3) is 0 Å². The van der Waals surface area contributed by atoms with Gasteiger partial charge in [0.15, 0.2) is 5.96 Å². The van der Waals surface area contributed by atoms with Gasteiger partial charge in [0.1, 0.15) is 5.75 Å². The third-order valence-electron chi connectivity index (χ3n) is 4.95. The molecule has 8 heteroatoms. The Labute approximate surface area is 196 Å². The zero-order valence-corrected chi connectivity index (χ0v) is 20.9. The second-order valence-corrected chi connectivity index (χ2v) is 8.48. The summed E-state index contributed by atoms with van der Waals surface area (Å²) >= 11 is 1.81. The minimum absolute atomic E-state index is 0. The van der Waals surface area contributed by atoms with Gasteiger partial charge in [-0.2, -0.15) is 0 Å². The Morgan fingerprint density at radius 3 is 2.83 bits per heavy atom. The highest BCUT2D eigenvalue weighted by atomic mass is 127. The topological polar surface area (TPSA) is 75.1 Å². The third kappa shape index (κ3) is 8.90. The lowest BCUT2D eigenvalue weighted by Crippen LogP contribution is -2.41. The van der Waals surface area contributed by atoms with Gasteiger partial charge in [-0.25, -0.2) is 0 Å². The third-order valence-corrected chi connectivity index (χ3v) is 6.34. The Kier molecular flexibility index (Phi) is 13.0. The molecule has 1 aliphatic rings. The summed E-state index contributed by atoms with van der Waals surface area (Å²) in [4.78, 5) is 5.95. The fourth-order valence-electron chi connectivity index (χ4n) is 3.18. The van der Waals surface area contributed by atoms with E-state index in [9.17, 15) is 5.11 Å². The molecule has 0 bridgehead atoms. The molecule has 0 spiro atoms. The van der Waals surface area contributed by atoms with Crippen molar-refractivity contribution in [1.29, 1.82) is 0 Å². The molecule has 2 rings (SSSR count). The SMILES string of the molecule is CCNC(=NCC1(CCO)CCOC1)NCC(C)CSc1ccccc1OC.I. The van der Waals surface area contributed by atoms with Crippen molar-refractivity contribution >= 4 is 41.7 Å². The summed E-state index contributed by atoms with van der Waals surface area (Å²) in [5, 5.41) is 16.2. The molecule has 1 aromatic rings. The van der Waals surface area contributed by atoms with Crippen LogP contribution in [0.4, 0.5) is 0 Å². The molecule has 1 fully saturated rings. The molecule has 2 unspecified atom stereocenters. The first-order valence-electron chi connectivity index (χ1n) is 10.1. The van der Waals surface area contributed by atoms with E-state index in [1.807, 2.05) is 30.0 Å². The van der Waals surface area contributed by atoms with E-state index in [2.05, 4.69) is 30.5 Å². The highest BCUT2D eigenvalue weighted by molar-refractivity contribution is 14.0. The molecule has 6 nitrogen and oxygen atoms in total. The molecular weight excluding hydrogens is 501 g/mol. The van der Waals surface area contributed by atoms with E-state index in [1.54, 1.807) is 7.11 Å². The maximum Gasteiger partial charge on any atom is 0.191 e. The summed E-state index contributed by atoms with van der Waals surface area (Å²) in [6, 6.07) is 8.13. The van der Waals surface area contributed by atoms with Crippen LogP contribution in [0.3, 0.4) is 0 Å². The molecule has 29 heavy (non-hydrogen) atoms. The molecule has 1 heterocycles. The van der Waals surface area contributed by atoms with Gasteiger partial charge in [0, 0.05) is 42.4 Å². The molecule has 0 aliphatic carbocycles. The Hall–Kier alpha value is -0.710. The fourth-order valence-corrected chi connectivity index (χ4v) is 4.23. The average molecular weight is 538 g/mol. The van der Waals surface area contributed by atoms with Crippen LogP contribution in [-0.2, 0) is 4.74 Å². The van der Waals surface area contributed by atoms with Crippen LogP contribution in [0.2, 0.25) is 0 Å². The number of para-hydroxylation sites is 1. The van der Waals surface area contributed by atoms with Crippen molar-refractivity contribution in [2.45, 2.75) is 31.6 Å².